The highest BCUT2D eigenvalue weighted by molar-refractivity contribution is 7.89. The normalized spacial score (nSPS) is 18.9. The number of methoxy groups -OCH3 is 1. The Morgan fingerprint density at radius 1 is 1.26 bits per heavy atom. The number of esters is 1. The molecule has 2 aromatic rings. The van der Waals surface area contributed by atoms with E-state index in [1.807, 2.05) is 0 Å². The van der Waals surface area contributed by atoms with Gasteiger partial charge in [0.05, 0.1) is 28.5 Å². The molecule has 11 nitrogen and oxygen atoms in total. The third-order valence-electron chi connectivity index (χ3n) is 4.87. The van der Waals surface area contributed by atoms with E-state index in [1.165, 1.54) is 29.9 Å². The summed E-state index contributed by atoms with van der Waals surface area (Å²) in [6.45, 7) is -0.0329. The number of thiazole rings is 1. The van der Waals surface area contributed by atoms with Gasteiger partial charge in [-0.15, -0.1) is 0 Å². The van der Waals surface area contributed by atoms with Gasteiger partial charge in [-0.25, -0.2) is 22.0 Å². The van der Waals surface area contributed by atoms with E-state index in [0.717, 1.165) is 21.9 Å². The van der Waals surface area contributed by atoms with E-state index in [1.54, 1.807) is 0 Å². The number of amides is 1. The van der Waals surface area contributed by atoms with Crippen molar-refractivity contribution in [3.05, 3.63) is 23.0 Å². The van der Waals surface area contributed by atoms with Gasteiger partial charge < -0.3 is 9.30 Å². The first-order valence-electron chi connectivity index (χ1n) is 9.20. The lowest BCUT2D eigenvalue weighted by Gasteiger charge is -2.31. The Hall–Kier alpha value is -2.13. The number of ether oxygens (including phenoxy) is 1. The first-order chi connectivity index (χ1) is 14.4. The van der Waals surface area contributed by atoms with Crippen molar-refractivity contribution >= 4 is 53.5 Å². The molecule has 1 aliphatic heterocycles. The van der Waals surface area contributed by atoms with Crippen LogP contribution in [-0.2, 0) is 40.9 Å². The zero-order valence-corrected chi connectivity index (χ0v) is 19.3. The Balaban J connectivity index is 2.14. The molecule has 2 heterocycles. The summed E-state index contributed by atoms with van der Waals surface area (Å²) < 4.78 is 55.2. The van der Waals surface area contributed by atoms with Gasteiger partial charge in [0.2, 0.25) is 20.0 Å². The molecule has 2 N–H and O–H groups in total. The van der Waals surface area contributed by atoms with Crippen molar-refractivity contribution in [2.75, 3.05) is 19.9 Å². The van der Waals surface area contributed by atoms with E-state index in [2.05, 4.69) is 4.99 Å². The van der Waals surface area contributed by atoms with Crippen molar-refractivity contribution in [1.29, 1.82) is 0 Å². The zero-order chi connectivity index (χ0) is 23.0. The van der Waals surface area contributed by atoms with Crippen molar-refractivity contribution in [2.45, 2.75) is 36.7 Å². The Morgan fingerprint density at radius 3 is 2.58 bits per heavy atom. The third kappa shape index (κ3) is 5.20. The molecule has 1 amide bonds. The van der Waals surface area contributed by atoms with Gasteiger partial charge in [-0.3, -0.25) is 9.59 Å². The minimum absolute atomic E-state index is 0.121. The van der Waals surface area contributed by atoms with E-state index >= 15 is 0 Å². The number of nitrogens with zero attached hydrogens (tertiary/aromatic N) is 3. The molecule has 0 bridgehead atoms. The van der Waals surface area contributed by atoms with Crippen molar-refractivity contribution in [3.63, 3.8) is 0 Å². The van der Waals surface area contributed by atoms with E-state index in [0.29, 0.717) is 29.5 Å². The number of sulfonamides is 2. The molecule has 31 heavy (non-hydrogen) atoms. The second-order valence-electron chi connectivity index (χ2n) is 7.06. The van der Waals surface area contributed by atoms with Gasteiger partial charge in [-0.2, -0.15) is 9.30 Å². The average molecular weight is 491 g/mol. The highest BCUT2D eigenvalue weighted by atomic mass is 32.2. The van der Waals surface area contributed by atoms with Gasteiger partial charge in [0.15, 0.2) is 4.80 Å². The van der Waals surface area contributed by atoms with Gasteiger partial charge in [0.1, 0.15) is 12.6 Å². The largest absolute Gasteiger partial charge is 0.468 e. The highest BCUT2D eigenvalue weighted by Crippen LogP contribution is 2.23. The summed E-state index contributed by atoms with van der Waals surface area (Å²) in [5, 5.41) is 5.19. The van der Waals surface area contributed by atoms with E-state index in [4.69, 9.17) is 9.88 Å². The molecule has 0 aliphatic carbocycles. The molecule has 1 aromatic carbocycles. The Labute approximate surface area is 183 Å². The SMILES string of the molecule is COC(=O)Cn1c(=NC(=O)C2CCCCN2S(C)(=O)=O)sc2cc(S(N)(=O)=O)ccc21. The first-order valence-corrected chi connectivity index (χ1v) is 13.4. The van der Waals surface area contributed by atoms with Gasteiger partial charge in [-0.1, -0.05) is 17.8 Å². The molecule has 1 saturated heterocycles. The second kappa shape index (κ2) is 8.78. The maximum atomic E-state index is 12.9. The standard InChI is InChI=1S/C17H22N4O7S3/c1-28-15(22)10-20-12-7-6-11(31(18,26)27)9-14(12)29-17(20)19-16(23)13-5-3-4-8-21(13)30(2,24)25/h6-7,9,13H,3-5,8,10H2,1-2H3,(H2,18,26,27). The molecule has 1 aliphatic rings. The van der Waals surface area contributed by atoms with Crippen LogP contribution >= 0.6 is 11.3 Å². The van der Waals surface area contributed by atoms with Gasteiger partial charge in [0, 0.05) is 6.54 Å². The van der Waals surface area contributed by atoms with Crippen molar-refractivity contribution < 1.29 is 31.2 Å². The van der Waals surface area contributed by atoms with Gasteiger partial charge in [0.25, 0.3) is 5.91 Å². The molecule has 1 atom stereocenters. The number of carbonyl (C=O) groups is 2. The molecule has 1 fully saturated rings. The van der Waals surface area contributed by atoms with Crippen LogP contribution in [0.25, 0.3) is 10.2 Å². The number of benzene rings is 1. The molecule has 0 spiro atoms. The predicted octanol–water partition coefficient (Wildman–Crippen LogP) is -0.235. The zero-order valence-electron chi connectivity index (χ0n) is 16.8. The van der Waals surface area contributed by atoms with Gasteiger partial charge in [-0.05, 0) is 31.0 Å². The number of hydrogen-bond acceptors (Lipinski definition) is 8. The lowest BCUT2D eigenvalue weighted by atomic mass is 10.0. The van der Waals surface area contributed by atoms with Crippen LogP contribution in [0, 0.1) is 0 Å². The number of hydrogen-bond donors (Lipinski definition) is 1. The summed E-state index contributed by atoms with van der Waals surface area (Å²) in [5.74, 6) is -1.25. The van der Waals surface area contributed by atoms with E-state index < -0.39 is 38.0 Å². The Morgan fingerprint density at radius 2 is 1.97 bits per heavy atom. The maximum absolute atomic E-state index is 12.9. The number of primary sulfonamides is 1. The van der Waals surface area contributed by atoms with Crippen LogP contribution in [0.15, 0.2) is 28.1 Å². The molecule has 170 valence electrons. The topological polar surface area (TPSA) is 158 Å². The number of carbonyl (C=O) groups excluding carboxylic acids is 2. The molecule has 3 rings (SSSR count). The van der Waals surface area contributed by atoms with Crippen LogP contribution in [0.3, 0.4) is 0 Å². The average Bonchev–Trinajstić information content (AvgIpc) is 3.02. The van der Waals surface area contributed by atoms with Crippen molar-refractivity contribution in [3.8, 4) is 0 Å². The Bertz CT molecular complexity index is 1310. The van der Waals surface area contributed by atoms with E-state index in [-0.39, 0.29) is 22.8 Å². The lowest BCUT2D eigenvalue weighted by Crippen LogP contribution is -2.47. The van der Waals surface area contributed by atoms with Crippen molar-refractivity contribution in [2.24, 2.45) is 10.1 Å². The molecule has 1 aromatic heterocycles. The summed E-state index contributed by atoms with van der Waals surface area (Å²) >= 11 is 0.987. The smallest absolute Gasteiger partial charge is 0.325 e. The summed E-state index contributed by atoms with van der Waals surface area (Å²) in [4.78, 5) is 28.9. The minimum atomic E-state index is -3.95. The molecule has 0 radical (unpaired) electrons. The Kier molecular flexibility index (Phi) is 6.67. The fourth-order valence-corrected chi connectivity index (χ4v) is 6.19. The number of rotatable bonds is 5. The van der Waals surface area contributed by atoms with Gasteiger partial charge >= 0.3 is 5.97 Å². The minimum Gasteiger partial charge on any atom is -0.468 e. The summed E-state index contributed by atoms with van der Waals surface area (Å²) in [7, 11) is -6.34. The number of aromatic nitrogens is 1. The van der Waals surface area contributed by atoms with Crippen LogP contribution < -0.4 is 9.94 Å². The van der Waals surface area contributed by atoms with Crippen LogP contribution in [0.4, 0.5) is 0 Å². The molecular formula is C17H22N4O7S3. The number of nitrogens with two attached hydrogens (primary N) is 1. The van der Waals surface area contributed by atoms with Crippen LogP contribution in [0.5, 0.6) is 0 Å². The molecule has 1 unspecified atom stereocenters. The van der Waals surface area contributed by atoms with Crippen LogP contribution in [0.2, 0.25) is 0 Å². The fourth-order valence-electron chi connectivity index (χ4n) is 3.38. The fraction of sp³-hybridized carbons (Fsp3) is 0.471. The van der Waals surface area contributed by atoms with Crippen LogP contribution in [0.1, 0.15) is 19.3 Å². The van der Waals surface area contributed by atoms with E-state index in [9.17, 15) is 26.4 Å². The third-order valence-corrected chi connectivity index (χ3v) is 8.11. The summed E-state index contributed by atoms with van der Waals surface area (Å²) in [6.07, 6.45) is 2.72. The molecule has 14 heteroatoms. The second-order valence-corrected chi connectivity index (χ2v) is 11.6. The first kappa shape index (κ1) is 23.5. The molecular weight excluding hydrogens is 468 g/mol. The number of fused-ring (bicyclic) bond motifs is 1. The lowest BCUT2D eigenvalue weighted by molar-refractivity contribution is -0.141. The highest BCUT2D eigenvalue weighted by Gasteiger charge is 2.34. The summed E-state index contributed by atoms with van der Waals surface area (Å²) in [5.41, 5.74) is 0.456. The monoisotopic (exact) mass is 490 g/mol. The quantitative estimate of drug-likeness (QED) is 0.567. The van der Waals surface area contributed by atoms with Crippen LogP contribution in [-0.4, -0.2) is 63.5 Å². The molecule has 0 saturated carbocycles. The van der Waals surface area contributed by atoms with Crippen molar-refractivity contribution in [1.82, 2.24) is 8.87 Å². The summed E-state index contributed by atoms with van der Waals surface area (Å²) in [6, 6.07) is 3.15. The maximum Gasteiger partial charge on any atom is 0.325 e. The number of piperidine rings is 1. The predicted molar refractivity (Wildman–Crippen MR) is 113 cm³/mol.